The second-order valence-electron chi connectivity index (χ2n) is 4.97. The Bertz CT molecular complexity index is 865. The molecule has 0 radical (unpaired) electrons. The SMILES string of the molecule is Cn1cc(/C=N/Nc2cccc(C(=O)O)c2)c2ccccc21. The molecule has 0 spiro atoms. The molecule has 0 atom stereocenters. The van der Waals surface area contributed by atoms with E-state index >= 15 is 0 Å². The number of hydrogen-bond acceptors (Lipinski definition) is 3. The third-order valence-corrected chi connectivity index (χ3v) is 3.43. The molecular formula is C17H15N3O2. The van der Waals surface area contributed by atoms with E-state index in [1.807, 2.05) is 36.0 Å². The first-order valence-corrected chi connectivity index (χ1v) is 6.81. The highest BCUT2D eigenvalue weighted by Gasteiger charge is 2.04. The molecule has 22 heavy (non-hydrogen) atoms. The molecule has 0 unspecified atom stereocenters. The molecule has 0 saturated carbocycles. The summed E-state index contributed by atoms with van der Waals surface area (Å²) in [5.41, 5.74) is 5.86. The average Bonchev–Trinajstić information content (AvgIpc) is 2.85. The Morgan fingerprint density at radius 2 is 2.05 bits per heavy atom. The van der Waals surface area contributed by atoms with Crippen LogP contribution in [-0.4, -0.2) is 21.9 Å². The summed E-state index contributed by atoms with van der Waals surface area (Å²) in [5.74, 6) is -0.957. The van der Waals surface area contributed by atoms with Crippen LogP contribution in [0.2, 0.25) is 0 Å². The summed E-state index contributed by atoms with van der Waals surface area (Å²) >= 11 is 0. The van der Waals surface area contributed by atoms with Crippen LogP contribution in [0.3, 0.4) is 0 Å². The third kappa shape index (κ3) is 2.69. The second-order valence-corrected chi connectivity index (χ2v) is 4.97. The fraction of sp³-hybridized carbons (Fsp3) is 0.0588. The molecule has 0 amide bonds. The van der Waals surface area contributed by atoms with Gasteiger partial charge in [-0.05, 0) is 24.3 Å². The fourth-order valence-corrected chi connectivity index (χ4v) is 2.37. The fourth-order valence-electron chi connectivity index (χ4n) is 2.37. The lowest BCUT2D eigenvalue weighted by atomic mass is 10.2. The van der Waals surface area contributed by atoms with Gasteiger partial charge in [0.2, 0.25) is 0 Å². The Hall–Kier alpha value is -3.08. The van der Waals surface area contributed by atoms with Crippen molar-refractivity contribution in [2.45, 2.75) is 0 Å². The molecule has 5 nitrogen and oxygen atoms in total. The highest BCUT2D eigenvalue weighted by atomic mass is 16.4. The first kappa shape index (κ1) is 13.9. The molecule has 1 aromatic heterocycles. The number of hydrazone groups is 1. The van der Waals surface area contributed by atoms with Gasteiger partial charge in [-0.25, -0.2) is 4.79 Å². The molecule has 1 heterocycles. The highest BCUT2D eigenvalue weighted by molar-refractivity contribution is 5.99. The zero-order valence-corrected chi connectivity index (χ0v) is 12.0. The van der Waals surface area contributed by atoms with E-state index in [1.165, 1.54) is 0 Å². The van der Waals surface area contributed by atoms with Gasteiger partial charge in [0.05, 0.1) is 17.5 Å². The van der Waals surface area contributed by atoms with E-state index in [4.69, 9.17) is 5.11 Å². The summed E-state index contributed by atoms with van der Waals surface area (Å²) in [5, 5.41) is 14.3. The van der Waals surface area contributed by atoms with Crippen LogP contribution in [0.4, 0.5) is 5.69 Å². The molecule has 0 aliphatic carbocycles. The Morgan fingerprint density at radius 3 is 2.86 bits per heavy atom. The van der Waals surface area contributed by atoms with Gasteiger partial charge < -0.3 is 9.67 Å². The number of aromatic nitrogens is 1. The van der Waals surface area contributed by atoms with Gasteiger partial charge in [0.1, 0.15) is 0 Å². The number of hydrogen-bond donors (Lipinski definition) is 2. The minimum absolute atomic E-state index is 0.227. The molecule has 0 bridgehead atoms. The molecular weight excluding hydrogens is 278 g/mol. The molecule has 0 aliphatic heterocycles. The van der Waals surface area contributed by atoms with E-state index < -0.39 is 5.97 Å². The molecule has 5 heteroatoms. The number of carboxylic acids is 1. The van der Waals surface area contributed by atoms with Gasteiger partial charge in [-0.3, -0.25) is 5.43 Å². The van der Waals surface area contributed by atoms with E-state index in [9.17, 15) is 4.79 Å². The lowest BCUT2D eigenvalue weighted by molar-refractivity contribution is 0.0697. The van der Waals surface area contributed by atoms with Crippen molar-refractivity contribution in [3.05, 3.63) is 65.9 Å². The lowest BCUT2D eigenvalue weighted by Gasteiger charge is -2.01. The summed E-state index contributed by atoms with van der Waals surface area (Å²) in [4.78, 5) is 10.9. The van der Waals surface area contributed by atoms with Gasteiger partial charge in [-0.1, -0.05) is 24.3 Å². The number of rotatable bonds is 4. The first-order chi connectivity index (χ1) is 10.6. The Labute approximate surface area is 127 Å². The normalized spacial score (nSPS) is 11.1. The van der Waals surface area contributed by atoms with E-state index in [0.717, 1.165) is 16.5 Å². The van der Waals surface area contributed by atoms with Crippen molar-refractivity contribution in [3.8, 4) is 0 Å². The summed E-state index contributed by atoms with van der Waals surface area (Å²) in [6.07, 6.45) is 3.74. The summed E-state index contributed by atoms with van der Waals surface area (Å²) in [7, 11) is 1.99. The minimum atomic E-state index is -0.957. The highest BCUT2D eigenvalue weighted by Crippen LogP contribution is 2.18. The average molecular weight is 293 g/mol. The molecule has 0 saturated heterocycles. The summed E-state index contributed by atoms with van der Waals surface area (Å²) < 4.78 is 2.04. The zero-order chi connectivity index (χ0) is 15.5. The molecule has 2 aromatic carbocycles. The Kier molecular flexibility index (Phi) is 3.62. The predicted molar refractivity (Wildman–Crippen MR) is 87.5 cm³/mol. The van der Waals surface area contributed by atoms with Crippen molar-refractivity contribution in [3.63, 3.8) is 0 Å². The van der Waals surface area contributed by atoms with E-state index in [-0.39, 0.29) is 5.56 Å². The standard InChI is InChI=1S/C17H15N3O2/c1-20-11-13(15-7-2-3-8-16(15)20)10-18-19-14-6-4-5-12(9-14)17(21)22/h2-11,19H,1H3,(H,21,22)/b18-10+. The number of carbonyl (C=O) groups is 1. The second kappa shape index (κ2) is 5.73. The first-order valence-electron chi connectivity index (χ1n) is 6.81. The van der Waals surface area contributed by atoms with Gasteiger partial charge in [0, 0.05) is 29.7 Å². The van der Waals surface area contributed by atoms with Crippen molar-refractivity contribution in [1.82, 2.24) is 4.57 Å². The summed E-state index contributed by atoms with van der Waals surface area (Å²) in [6.45, 7) is 0. The number of nitrogens with zero attached hydrogens (tertiary/aromatic N) is 2. The molecule has 3 aromatic rings. The van der Waals surface area contributed by atoms with Gasteiger partial charge in [0.15, 0.2) is 0 Å². The summed E-state index contributed by atoms with van der Waals surface area (Å²) in [6, 6.07) is 14.6. The zero-order valence-electron chi connectivity index (χ0n) is 12.0. The van der Waals surface area contributed by atoms with Crippen molar-refractivity contribution in [1.29, 1.82) is 0 Å². The number of anilines is 1. The van der Waals surface area contributed by atoms with Crippen molar-refractivity contribution in [2.24, 2.45) is 12.1 Å². The van der Waals surface area contributed by atoms with E-state index in [0.29, 0.717) is 5.69 Å². The Morgan fingerprint density at radius 1 is 1.23 bits per heavy atom. The van der Waals surface area contributed by atoms with E-state index in [1.54, 1.807) is 30.5 Å². The van der Waals surface area contributed by atoms with Gasteiger partial charge in [-0.2, -0.15) is 5.10 Å². The Balaban J connectivity index is 1.82. The van der Waals surface area contributed by atoms with Crippen LogP contribution in [0.25, 0.3) is 10.9 Å². The molecule has 3 rings (SSSR count). The van der Waals surface area contributed by atoms with Crippen LogP contribution in [-0.2, 0) is 7.05 Å². The number of aromatic carboxylic acids is 1. The van der Waals surface area contributed by atoms with Crippen molar-refractivity contribution in [2.75, 3.05) is 5.43 Å². The van der Waals surface area contributed by atoms with E-state index in [2.05, 4.69) is 16.6 Å². The number of para-hydroxylation sites is 1. The number of benzene rings is 2. The number of fused-ring (bicyclic) bond motifs is 1. The van der Waals surface area contributed by atoms with Crippen LogP contribution in [0, 0.1) is 0 Å². The van der Waals surface area contributed by atoms with Gasteiger partial charge >= 0.3 is 5.97 Å². The van der Waals surface area contributed by atoms with Crippen LogP contribution in [0.15, 0.2) is 59.8 Å². The van der Waals surface area contributed by atoms with Gasteiger partial charge in [-0.15, -0.1) is 0 Å². The lowest BCUT2D eigenvalue weighted by Crippen LogP contribution is -1.97. The maximum atomic E-state index is 10.9. The predicted octanol–water partition coefficient (Wildman–Crippen LogP) is 3.32. The van der Waals surface area contributed by atoms with Crippen LogP contribution in [0.1, 0.15) is 15.9 Å². The molecule has 0 aliphatic rings. The maximum Gasteiger partial charge on any atom is 0.335 e. The number of nitrogens with one attached hydrogen (secondary N) is 1. The van der Waals surface area contributed by atoms with Crippen LogP contribution < -0.4 is 5.43 Å². The minimum Gasteiger partial charge on any atom is -0.478 e. The van der Waals surface area contributed by atoms with Crippen LogP contribution in [0.5, 0.6) is 0 Å². The smallest absolute Gasteiger partial charge is 0.335 e. The maximum absolute atomic E-state index is 10.9. The molecule has 2 N–H and O–H groups in total. The largest absolute Gasteiger partial charge is 0.478 e. The number of carboxylic acid groups (broad SMARTS) is 1. The van der Waals surface area contributed by atoms with Crippen molar-refractivity contribution >= 4 is 28.8 Å². The van der Waals surface area contributed by atoms with Crippen molar-refractivity contribution < 1.29 is 9.90 Å². The quantitative estimate of drug-likeness (QED) is 0.573. The van der Waals surface area contributed by atoms with Gasteiger partial charge in [0.25, 0.3) is 0 Å². The monoisotopic (exact) mass is 293 g/mol. The topological polar surface area (TPSA) is 66.6 Å². The third-order valence-electron chi connectivity index (χ3n) is 3.43. The molecule has 110 valence electrons. The van der Waals surface area contributed by atoms with Crippen LogP contribution >= 0.6 is 0 Å². The number of aryl methyl sites for hydroxylation is 1. The molecule has 0 fully saturated rings.